The monoisotopic (exact) mass is 373 g/mol. The first kappa shape index (κ1) is 13.5. The van der Waals surface area contributed by atoms with Gasteiger partial charge in [-0.2, -0.15) is 0 Å². The standard InChI is InChI=1S/C13H12INO2S/c1-2-17-13(16)6-4-10-3-5-11-7-8-15(18-14)12(11)9-10/h3-9H,2H2,1H3/b6-4+. The summed E-state index contributed by atoms with van der Waals surface area (Å²) in [5.41, 5.74) is 2.13. The van der Waals surface area contributed by atoms with Crippen LogP contribution in [-0.4, -0.2) is 16.5 Å². The van der Waals surface area contributed by atoms with Crippen LogP contribution >= 0.6 is 30.3 Å². The van der Waals surface area contributed by atoms with Gasteiger partial charge in [-0.1, -0.05) is 12.1 Å². The first-order chi connectivity index (χ1) is 8.74. The van der Waals surface area contributed by atoms with E-state index in [1.807, 2.05) is 18.3 Å². The van der Waals surface area contributed by atoms with Crippen LogP contribution in [0.3, 0.4) is 0 Å². The Kier molecular flexibility index (Phi) is 4.71. The zero-order valence-corrected chi connectivity index (χ0v) is 12.8. The minimum absolute atomic E-state index is 0.309. The summed E-state index contributed by atoms with van der Waals surface area (Å²) in [6, 6.07) is 8.15. The van der Waals surface area contributed by atoms with Crippen molar-refractivity contribution in [2.75, 3.05) is 6.61 Å². The number of nitrogens with zero attached hydrogens (tertiary/aromatic N) is 1. The molecule has 0 N–H and O–H groups in total. The van der Waals surface area contributed by atoms with Gasteiger partial charge in [-0.15, -0.1) is 0 Å². The lowest BCUT2D eigenvalue weighted by molar-refractivity contribution is -0.137. The summed E-state index contributed by atoms with van der Waals surface area (Å²) in [6.07, 6.45) is 5.25. The van der Waals surface area contributed by atoms with E-state index >= 15 is 0 Å². The lowest BCUT2D eigenvalue weighted by Crippen LogP contribution is -1.98. The van der Waals surface area contributed by atoms with Crippen LogP contribution in [-0.2, 0) is 9.53 Å². The van der Waals surface area contributed by atoms with E-state index < -0.39 is 0 Å². The smallest absolute Gasteiger partial charge is 0.330 e. The summed E-state index contributed by atoms with van der Waals surface area (Å²) in [5, 5.41) is 1.19. The molecule has 0 spiro atoms. The Bertz CT molecular complexity index is 592. The number of ether oxygens (including phenoxy) is 1. The Hall–Kier alpha value is -0.950. The molecule has 18 heavy (non-hydrogen) atoms. The molecule has 0 radical (unpaired) electrons. The van der Waals surface area contributed by atoms with Gasteiger partial charge >= 0.3 is 5.97 Å². The fourth-order valence-electron chi connectivity index (χ4n) is 1.64. The average molecular weight is 373 g/mol. The molecule has 1 aromatic carbocycles. The number of fused-ring (bicyclic) bond motifs is 1. The van der Waals surface area contributed by atoms with Crippen molar-refractivity contribution in [3.8, 4) is 0 Å². The predicted octanol–water partition coefficient (Wildman–Crippen LogP) is 4.06. The van der Waals surface area contributed by atoms with Gasteiger partial charge in [-0.05, 0) is 30.7 Å². The molecular weight excluding hydrogens is 361 g/mol. The zero-order chi connectivity index (χ0) is 13.0. The van der Waals surface area contributed by atoms with Crippen LogP contribution in [0.4, 0.5) is 0 Å². The van der Waals surface area contributed by atoms with E-state index in [1.54, 1.807) is 22.1 Å². The van der Waals surface area contributed by atoms with Gasteiger partial charge in [-0.25, -0.2) is 4.79 Å². The van der Waals surface area contributed by atoms with Crippen molar-refractivity contribution in [1.29, 1.82) is 0 Å². The summed E-state index contributed by atoms with van der Waals surface area (Å²) >= 11 is 2.24. The SMILES string of the molecule is CCOC(=O)/C=C/c1ccc2ccn(SI)c2c1. The molecule has 0 aliphatic heterocycles. The topological polar surface area (TPSA) is 31.2 Å². The molecule has 0 fully saturated rings. The highest BCUT2D eigenvalue weighted by molar-refractivity contribution is 14.2. The maximum absolute atomic E-state index is 11.2. The van der Waals surface area contributed by atoms with Crippen molar-refractivity contribution >= 4 is 53.3 Å². The molecule has 0 aliphatic rings. The van der Waals surface area contributed by atoms with Crippen LogP contribution in [0.1, 0.15) is 12.5 Å². The van der Waals surface area contributed by atoms with E-state index in [9.17, 15) is 4.79 Å². The van der Waals surface area contributed by atoms with Crippen molar-refractivity contribution in [3.05, 3.63) is 42.1 Å². The number of hydrogen-bond donors (Lipinski definition) is 0. The van der Waals surface area contributed by atoms with E-state index in [2.05, 4.69) is 37.3 Å². The van der Waals surface area contributed by atoms with Crippen LogP contribution in [0, 0.1) is 0 Å². The number of rotatable bonds is 4. The number of carbonyl (C=O) groups excluding carboxylic acids is 1. The van der Waals surface area contributed by atoms with Gasteiger partial charge in [0.25, 0.3) is 0 Å². The lowest BCUT2D eigenvalue weighted by atomic mass is 10.1. The van der Waals surface area contributed by atoms with Gasteiger partial charge in [0, 0.05) is 48.0 Å². The van der Waals surface area contributed by atoms with E-state index in [4.69, 9.17) is 4.74 Å². The lowest BCUT2D eigenvalue weighted by Gasteiger charge is -2.00. The molecule has 1 heterocycles. The Balaban J connectivity index is 2.26. The molecule has 0 aliphatic carbocycles. The fourth-order valence-corrected chi connectivity index (χ4v) is 3.01. The van der Waals surface area contributed by atoms with Crippen molar-refractivity contribution in [1.82, 2.24) is 3.97 Å². The molecule has 94 valence electrons. The summed E-state index contributed by atoms with van der Waals surface area (Å²) in [4.78, 5) is 11.2. The molecule has 0 saturated carbocycles. The molecule has 1 aromatic heterocycles. The molecule has 0 bridgehead atoms. The van der Waals surface area contributed by atoms with Crippen molar-refractivity contribution in [2.45, 2.75) is 6.92 Å². The molecular formula is C13H12INO2S. The van der Waals surface area contributed by atoms with E-state index in [1.165, 1.54) is 11.5 Å². The highest BCUT2D eigenvalue weighted by Crippen LogP contribution is 2.25. The van der Waals surface area contributed by atoms with E-state index in [-0.39, 0.29) is 5.97 Å². The van der Waals surface area contributed by atoms with Crippen LogP contribution in [0.15, 0.2) is 36.5 Å². The van der Waals surface area contributed by atoms with Crippen LogP contribution in [0.25, 0.3) is 17.0 Å². The summed E-state index contributed by atoms with van der Waals surface area (Å²) in [7, 11) is 1.62. The molecule has 2 rings (SSSR count). The predicted molar refractivity (Wildman–Crippen MR) is 84.6 cm³/mol. The van der Waals surface area contributed by atoms with Crippen molar-refractivity contribution in [2.24, 2.45) is 0 Å². The minimum atomic E-state index is -0.309. The Morgan fingerprint density at radius 3 is 3.06 bits per heavy atom. The summed E-state index contributed by atoms with van der Waals surface area (Å²) < 4.78 is 6.93. The number of esters is 1. The molecule has 0 amide bonds. The number of carbonyl (C=O) groups is 1. The number of aromatic nitrogens is 1. The number of halogens is 1. The second kappa shape index (κ2) is 6.29. The molecule has 3 nitrogen and oxygen atoms in total. The van der Waals surface area contributed by atoms with Gasteiger partial charge in [-0.3, -0.25) is 3.97 Å². The van der Waals surface area contributed by atoms with Gasteiger partial charge < -0.3 is 4.74 Å². The fraction of sp³-hybridized carbons (Fsp3) is 0.154. The van der Waals surface area contributed by atoms with Gasteiger partial charge in [0.05, 0.1) is 12.1 Å². The first-order valence-electron chi connectivity index (χ1n) is 5.49. The molecule has 0 saturated heterocycles. The van der Waals surface area contributed by atoms with Gasteiger partial charge in [0.1, 0.15) is 0 Å². The quantitative estimate of drug-likeness (QED) is 0.460. The molecule has 5 heteroatoms. The summed E-state index contributed by atoms with van der Waals surface area (Å²) in [5.74, 6) is -0.309. The first-order valence-corrected chi connectivity index (χ1v) is 8.81. The molecule has 0 atom stereocenters. The number of hydrogen-bond acceptors (Lipinski definition) is 3. The Morgan fingerprint density at radius 2 is 2.33 bits per heavy atom. The van der Waals surface area contributed by atoms with Crippen LogP contribution < -0.4 is 0 Å². The highest BCUT2D eigenvalue weighted by Gasteiger charge is 2.01. The minimum Gasteiger partial charge on any atom is -0.463 e. The van der Waals surface area contributed by atoms with Crippen LogP contribution in [0.5, 0.6) is 0 Å². The second-order valence-electron chi connectivity index (χ2n) is 3.61. The maximum Gasteiger partial charge on any atom is 0.330 e. The largest absolute Gasteiger partial charge is 0.463 e. The van der Waals surface area contributed by atoms with Gasteiger partial charge in [0.15, 0.2) is 0 Å². The Labute approximate surface area is 122 Å². The Morgan fingerprint density at radius 1 is 1.50 bits per heavy atom. The third-order valence-electron chi connectivity index (χ3n) is 2.45. The normalized spacial score (nSPS) is 11.2. The third kappa shape index (κ3) is 3.08. The van der Waals surface area contributed by atoms with Crippen molar-refractivity contribution in [3.63, 3.8) is 0 Å². The van der Waals surface area contributed by atoms with Gasteiger partial charge in [0.2, 0.25) is 0 Å². The van der Waals surface area contributed by atoms with E-state index in [0.29, 0.717) is 6.61 Å². The highest BCUT2D eigenvalue weighted by atomic mass is 127. The van der Waals surface area contributed by atoms with E-state index in [0.717, 1.165) is 11.1 Å². The molecule has 0 unspecified atom stereocenters. The third-order valence-corrected chi connectivity index (χ3v) is 4.19. The van der Waals surface area contributed by atoms with Crippen molar-refractivity contribution < 1.29 is 9.53 Å². The molecule has 2 aromatic rings. The summed E-state index contributed by atoms with van der Waals surface area (Å²) in [6.45, 7) is 2.19. The second-order valence-corrected chi connectivity index (χ2v) is 5.33. The average Bonchev–Trinajstić information content (AvgIpc) is 2.79. The maximum atomic E-state index is 11.2. The zero-order valence-electron chi connectivity index (χ0n) is 9.80. The van der Waals surface area contributed by atoms with Crippen LogP contribution in [0.2, 0.25) is 0 Å². The number of benzene rings is 1.